The Morgan fingerprint density at radius 1 is 0.774 bits per heavy atom. The molecule has 0 aliphatic carbocycles. The molecule has 166 valence electrons. The molecule has 2 heterocycles. The molecule has 0 unspecified atom stereocenters. The van der Waals surface area contributed by atoms with Crippen LogP contribution < -0.4 is 0 Å². The van der Waals surface area contributed by atoms with Crippen molar-refractivity contribution in [3.05, 3.63) is 71.3 Å². The van der Waals surface area contributed by atoms with Crippen molar-refractivity contribution in [1.82, 2.24) is 9.80 Å². The molecule has 5 heteroatoms. The van der Waals surface area contributed by atoms with Gasteiger partial charge < -0.3 is 9.47 Å². The molecule has 2 aromatic rings. The van der Waals surface area contributed by atoms with Gasteiger partial charge in [0.2, 0.25) is 0 Å². The first-order valence-corrected chi connectivity index (χ1v) is 11.5. The topological polar surface area (TPSA) is 42.0 Å². The van der Waals surface area contributed by atoms with E-state index in [1.165, 1.54) is 11.1 Å². The first-order chi connectivity index (χ1) is 15.1. The summed E-state index contributed by atoms with van der Waals surface area (Å²) in [4.78, 5) is 18.9. The Labute approximate surface area is 185 Å². The Balaban J connectivity index is 1.76. The van der Waals surface area contributed by atoms with E-state index in [-0.39, 0.29) is 17.9 Å². The van der Waals surface area contributed by atoms with Crippen molar-refractivity contribution in [1.29, 1.82) is 0 Å². The molecule has 0 bridgehead atoms. The molecule has 4 rings (SSSR count). The summed E-state index contributed by atoms with van der Waals surface area (Å²) in [6, 6.07) is 18.4. The third kappa shape index (κ3) is 5.24. The Bertz CT molecular complexity index is 843. The summed E-state index contributed by atoms with van der Waals surface area (Å²) in [7, 11) is 0. The molecule has 0 N–H and O–H groups in total. The lowest BCUT2D eigenvalue weighted by atomic mass is 9.88. The van der Waals surface area contributed by atoms with Crippen LogP contribution in [0.5, 0.6) is 0 Å². The van der Waals surface area contributed by atoms with Gasteiger partial charge in [0.1, 0.15) is 0 Å². The van der Waals surface area contributed by atoms with Gasteiger partial charge in [-0.05, 0) is 23.1 Å². The van der Waals surface area contributed by atoms with E-state index < -0.39 is 0 Å². The molecule has 2 aliphatic rings. The number of ether oxygens (including phenoxy) is 2. The van der Waals surface area contributed by atoms with Crippen molar-refractivity contribution in [2.45, 2.75) is 31.8 Å². The summed E-state index contributed by atoms with van der Waals surface area (Å²) in [6.07, 6.45) is 0. The van der Waals surface area contributed by atoms with E-state index in [0.717, 1.165) is 31.7 Å². The lowest BCUT2D eigenvalue weighted by Gasteiger charge is -2.44. The summed E-state index contributed by atoms with van der Waals surface area (Å²) in [6.45, 7) is 10.3. The third-order valence-corrected chi connectivity index (χ3v) is 6.42. The van der Waals surface area contributed by atoms with Crippen molar-refractivity contribution in [3.8, 4) is 0 Å². The normalized spacial score (nSPS) is 20.5. The van der Waals surface area contributed by atoms with E-state index in [4.69, 9.17) is 9.47 Å². The van der Waals surface area contributed by atoms with Crippen molar-refractivity contribution in [2.24, 2.45) is 0 Å². The second-order valence-electron chi connectivity index (χ2n) is 8.74. The maximum Gasteiger partial charge on any atom is 0.181 e. The fourth-order valence-corrected chi connectivity index (χ4v) is 4.69. The van der Waals surface area contributed by atoms with Crippen LogP contribution in [0.1, 0.15) is 47.3 Å². The lowest BCUT2D eigenvalue weighted by Crippen LogP contribution is -2.55. The summed E-state index contributed by atoms with van der Waals surface area (Å²) >= 11 is 0. The first kappa shape index (κ1) is 22.2. The lowest BCUT2D eigenvalue weighted by molar-refractivity contribution is -0.0301. The highest BCUT2D eigenvalue weighted by molar-refractivity contribution is 6.01. The number of hydrogen-bond acceptors (Lipinski definition) is 5. The van der Waals surface area contributed by atoms with Gasteiger partial charge in [0.25, 0.3) is 0 Å². The predicted octanol–water partition coefficient (Wildman–Crippen LogP) is 3.77. The van der Waals surface area contributed by atoms with Crippen LogP contribution in [0.3, 0.4) is 0 Å². The number of nitrogens with zero attached hydrogens (tertiary/aromatic N) is 2. The van der Waals surface area contributed by atoms with Gasteiger partial charge in [-0.25, -0.2) is 0 Å². The van der Waals surface area contributed by atoms with Crippen LogP contribution in [0.2, 0.25) is 0 Å². The van der Waals surface area contributed by atoms with E-state index in [9.17, 15) is 4.79 Å². The number of hydrogen-bond donors (Lipinski definition) is 0. The molecule has 5 nitrogen and oxygen atoms in total. The molecule has 0 saturated carbocycles. The van der Waals surface area contributed by atoms with Crippen LogP contribution in [-0.4, -0.2) is 74.2 Å². The van der Waals surface area contributed by atoms with Gasteiger partial charge in [-0.3, -0.25) is 14.6 Å². The van der Waals surface area contributed by atoms with Gasteiger partial charge in [0.15, 0.2) is 5.78 Å². The fraction of sp³-hybridized carbons (Fsp3) is 0.500. The highest BCUT2D eigenvalue weighted by atomic mass is 16.5. The van der Waals surface area contributed by atoms with E-state index in [2.05, 4.69) is 60.0 Å². The molecule has 2 saturated heterocycles. The van der Waals surface area contributed by atoms with Gasteiger partial charge in [-0.15, -0.1) is 0 Å². The zero-order valence-electron chi connectivity index (χ0n) is 18.7. The average Bonchev–Trinajstić information content (AvgIpc) is 2.84. The Hall–Kier alpha value is -2.05. The van der Waals surface area contributed by atoms with Crippen molar-refractivity contribution in [3.63, 3.8) is 0 Å². The molecule has 0 radical (unpaired) electrons. The Morgan fingerprint density at radius 2 is 1.35 bits per heavy atom. The molecular weight excluding hydrogens is 388 g/mol. The minimum atomic E-state index is -0.258. The van der Waals surface area contributed by atoms with Crippen LogP contribution in [0, 0.1) is 0 Å². The van der Waals surface area contributed by atoms with Crippen LogP contribution >= 0.6 is 0 Å². The fourth-order valence-electron chi connectivity index (χ4n) is 4.69. The molecule has 0 amide bonds. The maximum atomic E-state index is 14.1. The molecule has 2 aromatic carbocycles. The Kier molecular flexibility index (Phi) is 7.51. The van der Waals surface area contributed by atoms with Gasteiger partial charge in [0.05, 0.1) is 38.5 Å². The van der Waals surface area contributed by atoms with E-state index in [1.54, 1.807) is 0 Å². The van der Waals surface area contributed by atoms with Gasteiger partial charge >= 0.3 is 0 Å². The van der Waals surface area contributed by atoms with Crippen molar-refractivity contribution >= 4 is 5.78 Å². The maximum absolute atomic E-state index is 14.1. The predicted molar refractivity (Wildman–Crippen MR) is 123 cm³/mol. The number of benzene rings is 2. The number of carbonyl (C=O) groups is 1. The van der Waals surface area contributed by atoms with Crippen LogP contribution in [0.15, 0.2) is 54.6 Å². The zero-order chi connectivity index (χ0) is 21.6. The average molecular weight is 423 g/mol. The SMILES string of the molecule is CC(C)c1cccc(C(=O)[C@@H]([C@H](c2ccccc2)N2CCOCC2)N2CCOCC2)c1. The standard InChI is InChI=1S/C26H34N2O3/c1-20(2)22-9-6-10-23(19-22)26(29)25(28-13-17-31-18-14-28)24(21-7-4-3-5-8-21)27-11-15-30-16-12-27/h3-10,19-20,24-25H,11-18H2,1-2H3/t24-,25+/m0/s1. The largest absolute Gasteiger partial charge is 0.379 e. The van der Waals surface area contributed by atoms with E-state index in [1.807, 2.05) is 18.2 Å². The molecule has 2 fully saturated rings. The van der Waals surface area contributed by atoms with Crippen LogP contribution in [0.25, 0.3) is 0 Å². The smallest absolute Gasteiger partial charge is 0.181 e. The molecule has 2 aliphatic heterocycles. The molecule has 31 heavy (non-hydrogen) atoms. The minimum Gasteiger partial charge on any atom is -0.379 e. The molecule has 0 aromatic heterocycles. The number of rotatable bonds is 7. The van der Waals surface area contributed by atoms with Crippen LogP contribution in [-0.2, 0) is 9.47 Å². The number of morpholine rings is 2. The monoisotopic (exact) mass is 422 g/mol. The second-order valence-corrected chi connectivity index (χ2v) is 8.74. The van der Waals surface area contributed by atoms with Gasteiger partial charge in [-0.1, -0.05) is 62.4 Å². The van der Waals surface area contributed by atoms with E-state index >= 15 is 0 Å². The quantitative estimate of drug-likeness (QED) is 0.636. The number of ketones is 1. The van der Waals surface area contributed by atoms with Crippen LogP contribution in [0.4, 0.5) is 0 Å². The third-order valence-electron chi connectivity index (χ3n) is 6.42. The number of Topliss-reactive ketones (excluding diaryl/α,β-unsaturated/α-hetero) is 1. The Morgan fingerprint density at radius 3 is 1.97 bits per heavy atom. The summed E-state index contributed by atoms with van der Waals surface area (Å²) in [5, 5.41) is 0. The highest BCUT2D eigenvalue weighted by Gasteiger charge is 2.39. The summed E-state index contributed by atoms with van der Waals surface area (Å²) < 4.78 is 11.3. The van der Waals surface area contributed by atoms with E-state index in [0.29, 0.717) is 32.3 Å². The van der Waals surface area contributed by atoms with Gasteiger partial charge in [0, 0.05) is 31.7 Å². The molecule has 2 atom stereocenters. The summed E-state index contributed by atoms with van der Waals surface area (Å²) in [5.41, 5.74) is 3.19. The molecular formula is C26H34N2O3. The first-order valence-electron chi connectivity index (χ1n) is 11.5. The number of carbonyl (C=O) groups excluding carboxylic acids is 1. The molecule has 0 spiro atoms. The van der Waals surface area contributed by atoms with Crippen molar-refractivity contribution < 1.29 is 14.3 Å². The zero-order valence-corrected chi connectivity index (χ0v) is 18.7. The van der Waals surface area contributed by atoms with Gasteiger partial charge in [-0.2, -0.15) is 0 Å². The minimum absolute atomic E-state index is 0.0154. The van der Waals surface area contributed by atoms with Crippen molar-refractivity contribution in [2.75, 3.05) is 52.6 Å². The second kappa shape index (κ2) is 10.5. The summed E-state index contributed by atoms with van der Waals surface area (Å²) in [5.74, 6) is 0.587. The highest BCUT2D eigenvalue weighted by Crippen LogP contribution is 2.32.